The summed E-state index contributed by atoms with van der Waals surface area (Å²) in [5.41, 5.74) is 4.08. The summed E-state index contributed by atoms with van der Waals surface area (Å²) < 4.78 is 0. The molecule has 1 N–H and O–H groups in total. The molecule has 0 fully saturated rings. The van der Waals surface area contributed by atoms with Crippen molar-refractivity contribution in [2.45, 2.75) is 26.8 Å². The van der Waals surface area contributed by atoms with E-state index >= 15 is 0 Å². The third kappa shape index (κ3) is 4.21. The van der Waals surface area contributed by atoms with Crippen molar-refractivity contribution in [2.75, 3.05) is 0 Å². The standard InChI is InChI=1S/C16H18N2O/c1-12-6-8-14(9-7-12)10-16(19)17-11-15-5-3-4-13(2)18-15/h3-9H,10-11H2,1-2H3,(H,17,19). The fourth-order valence-electron chi connectivity index (χ4n) is 1.84. The first kappa shape index (κ1) is 13.3. The van der Waals surface area contributed by atoms with Gasteiger partial charge in [0.05, 0.1) is 18.7 Å². The number of hydrogen-bond donors (Lipinski definition) is 1. The second-order valence-electron chi connectivity index (χ2n) is 4.71. The number of nitrogens with one attached hydrogen (secondary N) is 1. The van der Waals surface area contributed by atoms with E-state index < -0.39 is 0 Å². The maximum atomic E-state index is 11.8. The molecule has 2 rings (SSSR count). The van der Waals surface area contributed by atoms with Gasteiger partial charge in [0.25, 0.3) is 0 Å². The van der Waals surface area contributed by atoms with Crippen molar-refractivity contribution in [1.82, 2.24) is 10.3 Å². The molecule has 0 aliphatic carbocycles. The predicted octanol–water partition coefficient (Wildman–Crippen LogP) is 2.56. The molecule has 98 valence electrons. The Labute approximate surface area is 113 Å². The Hall–Kier alpha value is -2.16. The van der Waals surface area contributed by atoms with E-state index in [9.17, 15) is 4.79 Å². The minimum atomic E-state index is 0.0205. The molecule has 3 nitrogen and oxygen atoms in total. The summed E-state index contributed by atoms with van der Waals surface area (Å²) >= 11 is 0. The maximum Gasteiger partial charge on any atom is 0.224 e. The highest BCUT2D eigenvalue weighted by atomic mass is 16.1. The Bertz CT molecular complexity index is 561. The molecule has 0 spiro atoms. The number of rotatable bonds is 4. The normalized spacial score (nSPS) is 10.2. The molecule has 1 aromatic heterocycles. The maximum absolute atomic E-state index is 11.8. The van der Waals surface area contributed by atoms with Crippen molar-refractivity contribution in [1.29, 1.82) is 0 Å². The lowest BCUT2D eigenvalue weighted by Crippen LogP contribution is -2.25. The van der Waals surface area contributed by atoms with E-state index in [-0.39, 0.29) is 5.91 Å². The second-order valence-corrected chi connectivity index (χ2v) is 4.71. The third-order valence-corrected chi connectivity index (χ3v) is 2.90. The Morgan fingerprint density at radius 3 is 2.53 bits per heavy atom. The second kappa shape index (κ2) is 6.14. The van der Waals surface area contributed by atoms with Crippen LogP contribution in [0, 0.1) is 13.8 Å². The molecule has 1 aromatic carbocycles. The van der Waals surface area contributed by atoms with Gasteiger partial charge in [-0.1, -0.05) is 35.9 Å². The summed E-state index contributed by atoms with van der Waals surface area (Å²) in [5, 5.41) is 2.89. The van der Waals surface area contributed by atoms with E-state index in [4.69, 9.17) is 0 Å². The molecule has 3 heteroatoms. The SMILES string of the molecule is Cc1ccc(CC(=O)NCc2cccc(C)n2)cc1. The van der Waals surface area contributed by atoms with E-state index in [0.29, 0.717) is 13.0 Å². The van der Waals surface area contributed by atoms with Crippen LogP contribution in [0.3, 0.4) is 0 Å². The van der Waals surface area contributed by atoms with Crippen molar-refractivity contribution < 1.29 is 4.79 Å². The molecule has 1 amide bonds. The average molecular weight is 254 g/mol. The Balaban J connectivity index is 1.86. The van der Waals surface area contributed by atoms with Gasteiger partial charge < -0.3 is 5.32 Å². The summed E-state index contributed by atoms with van der Waals surface area (Å²) in [7, 11) is 0. The van der Waals surface area contributed by atoms with Gasteiger partial charge in [-0.3, -0.25) is 9.78 Å². The van der Waals surface area contributed by atoms with Crippen molar-refractivity contribution in [3.05, 3.63) is 65.0 Å². The topological polar surface area (TPSA) is 42.0 Å². The molecule has 0 atom stereocenters. The molecular weight excluding hydrogens is 236 g/mol. The highest BCUT2D eigenvalue weighted by molar-refractivity contribution is 5.78. The fraction of sp³-hybridized carbons (Fsp3) is 0.250. The van der Waals surface area contributed by atoms with Gasteiger partial charge in [0.15, 0.2) is 0 Å². The summed E-state index contributed by atoms with van der Waals surface area (Å²) in [6.45, 7) is 4.46. The summed E-state index contributed by atoms with van der Waals surface area (Å²) in [5.74, 6) is 0.0205. The van der Waals surface area contributed by atoms with Crippen molar-refractivity contribution in [3.63, 3.8) is 0 Å². The lowest BCUT2D eigenvalue weighted by atomic mass is 10.1. The van der Waals surface area contributed by atoms with E-state index in [1.165, 1.54) is 5.56 Å². The largest absolute Gasteiger partial charge is 0.350 e. The van der Waals surface area contributed by atoms with Gasteiger partial charge >= 0.3 is 0 Å². The van der Waals surface area contributed by atoms with E-state index in [1.807, 2.05) is 56.3 Å². The number of benzene rings is 1. The molecule has 0 unspecified atom stereocenters. The highest BCUT2D eigenvalue weighted by Gasteiger charge is 2.03. The van der Waals surface area contributed by atoms with Crippen molar-refractivity contribution in [2.24, 2.45) is 0 Å². The number of carbonyl (C=O) groups is 1. The van der Waals surface area contributed by atoms with Crippen LogP contribution in [0.1, 0.15) is 22.5 Å². The summed E-state index contributed by atoms with van der Waals surface area (Å²) in [6, 6.07) is 13.8. The van der Waals surface area contributed by atoms with Crippen LogP contribution < -0.4 is 5.32 Å². The Morgan fingerprint density at radius 1 is 1.11 bits per heavy atom. The van der Waals surface area contributed by atoms with Crippen LogP contribution in [-0.2, 0) is 17.8 Å². The number of nitrogens with zero attached hydrogens (tertiary/aromatic N) is 1. The van der Waals surface area contributed by atoms with Crippen LogP contribution in [-0.4, -0.2) is 10.9 Å². The first-order chi connectivity index (χ1) is 9.13. The number of pyridine rings is 1. The molecule has 0 radical (unpaired) electrons. The molecular formula is C16H18N2O. The van der Waals surface area contributed by atoms with E-state index in [0.717, 1.165) is 17.0 Å². The lowest BCUT2D eigenvalue weighted by molar-refractivity contribution is -0.120. The van der Waals surface area contributed by atoms with Gasteiger partial charge in [0.1, 0.15) is 0 Å². The minimum absolute atomic E-state index is 0.0205. The summed E-state index contributed by atoms with van der Waals surface area (Å²) in [4.78, 5) is 16.2. The molecule has 0 saturated heterocycles. The zero-order chi connectivity index (χ0) is 13.7. The van der Waals surface area contributed by atoms with E-state index in [2.05, 4.69) is 10.3 Å². The number of amides is 1. The highest BCUT2D eigenvalue weighted by Crippen LogP contribution is 2.04. The Morgan fingerprint density at radius 2 is 1.84 bits per heavy atom. The molecule has 0 aliphatic rings. The van der Waals surface area contributed by atoms with Crippen LogP contribution >= 0.6 is 0 Å². The molecule has 0 aliphatic heterocycles. The van der Waals surface area contributed by atoms with Crippen molar-refractivity contribution >= 4 is 5.91 Å². The monoisotopic (exact) mass is 254 g/mol. The van der Waals surface area contributed by atoms with Gasteiger partial charge in [0.2, 0.25) is 5.91 Å². The lowest BCUT2D eigenvalue weighted by Gasteiger charge is -2.06. The van der Waals surface area contributed by atoms with Crippen LogP contribution in [0.15, 0.2) is 42.5 Å². The Kier molecular flexibility index (Phi) is 4.29. The molecule has 0 saturated carbocycles. The van der Waals surface area contributed by atoms with Gasteiger partial charge in [0, 0.05) is 5.69 Å². The van der Waals surface area contributed by atoms with Crippen molar-refractivity contribution in [3.8, 4) is 0 Å². The molecule has 19 heavy (non-hydrogen) atoms. The number of aryl methyl sites for hydroxylation is 2. The first-order valence-electron chi connectivity index (χ1n) is 6.38. The average Bonchev–Trinajstić information content (AvgIpc) is 2.39. The zero-order valence-electron chi connectivity index (χ0n) is 11.3. The minimum Gasteiger partial charge on any atom is -0.350 e. The van der Waals surface area contributed by atoms with Gasteiger partial charge in [-0.05, 0) is 31.5 Å². The van der Waals surface area contributed by atoms with Gasteiger partial charge in [-0.15, -0.1) is 0 Å². The number of hydrogen-bond acceptors (Lipinski definition) is 2. The number of carbonyl (C=O) groups excluding carboxylic acids is 1. The van der Waals surface area contributed by atoms with Gasteiger partial charge in [-0.25, -0.2) is 0 Å². The van der Waals surface area contributed by atoms with E-state index in [1.54, 1.807) is 0 Å². The van der Waals surface area contributed by atoms with Crippen LogP contribution in [0.2, 0.25) is 0 Å². The summed E-state index contributed by atoms with van der Waals surface area (Å²) in [6.07, 6.45) is 0.409. The molecule has 0 bridgehead atoms. The molecule has 1 heterocycles. The quantitative estimate of drug-likeness (QED) is 0.911. The number of aromatic nitrogens is 1. The van der Waals surface area contributed by atoms with Gasteiger partial charge in [-0.2, -0.15) is 0 Å². The molecule has 2 aromatic rings. The van der Waals surface area contributed by atoms with Crippen LogP contribution in [0.5, 0.6) is 0 Å². The zero-order valence-corrected chi connectivity index (χ0v) is 11.3. The van der Waals surface area contributed by atoms with Crippen LogP contribution in [0.25, 0.3) is 0 Å². The van der Waals surface area contributed by atoms with Crippen LogP contribution in [0.4, 0.5) is 0 Å². The predicted molar refractivity (Wildman–Crippen MR) is 75.7 cm³/mol. The smallest absolute Gasteiger partial charge is 0.224 e. The first-order valence-corrected chi connectivity index (χ1v) is 6.38. The fourth-order valence-corrected chi connectivity index (χ4v) is 1.84. The third-order valence-electron chi connectivity index (χ3n) is 2.90.